The van der Waals surface area contributed by atoms with E-state index in [2.05, 4.69) is 9.47 Å². The highest BCUT2D eigenvalue weighted by Gasteiger charge is 2.11. The van der Waals surface area contributed by atoms with Gasteiger partial charge < -0.3 is 9.30 Å². The molecule has 3 rings (SSSR count). The number of ether oxygens (including phenoxy) is 1. The lowest BCUT2D eigenvalue weighted by molar-refractivity contribution is 0.0369. The second-order valence-corrected chi connectivity index (χ2v) is 7.14. The maximum Gasteiger partial charge on any atom is 0.238 e. The standard InChI is InChI=1S/C15H21N3O3S/c16-22(19,20)14-2-3-15-13(12-14)4-7-18(15)6-1-5-17-8-10-21-11-9-17/h2-4,7,12H,1,5-6,8-11H2,(H2,16,19,20). The number of benzene rings is 1. The molecule has 7 heteroatoms. The van der Waals surface area contributed by atoms with Crippen molar-refractivity contribution in [3.05, 3.63) is 30.5 Å². The number of hydrogen-bond donors (Lipinski definition) is 1. The van der Waals surface area contributed by atoms with Gasteiger partial charge >= 0.3 is 0 Å². The minimum atomic E-state index is -3.64. The Labute approximate surface area is 130 Å². The Morgan fingerprint density at radius 3 is 2.64 bits per heavy atom. The average molecular weight is 323 g/mol. The fourth-order valence-electron chi connectivity index (χ4n) is 2.84. The fourth-order valence-corrected chi connectivity index (χ4v) is 3.39. The van der Waals surface area contributed by atoms with Crippen LogP contribution in [0.1, 0.15) is 6.42 Å². The Hall–Kier alpha value is -1.41. The molecule has 1 aliphatic rings. The molecule has 2 heterocycles. The van der Waals surface area contributed by atoms with Crippen molar-refractivity contribution in [3.8, 4) is 0 Å². The summed E-state index contributed by atoms with van der Waals surface area (Å²) >= 11 is 0. The molecule has 0 atom stereocenters. The molecule has 2 N–H and O–H groups in total. The molecular weight excluding hydrogens is 302 g/mol. The molecule has 1 fully saturated rings. The van der Waals surface area contributed by atoms with Gasteiger partial charge in [0.25, 0.3) is 0 Å². The van der Waals surface area contributed by atoms with E-state index in [1.807, 2.05) is 18.3 Å². The first-order valence-corrected chi connectivity index (χ1v) is 9.00. The predicted octanol–water partition coefficient (Wildman–Crippen LogP) is 1.01. The van der Waals surface area contributed by atoms with Crippen molar-refractivity contribution in [3.63, 3.8) is 0 Å². The van der Waals surface area contributed by atoms with Gasteiger partial charge in [-0.05, 0) is 30.7 Å². The molecule has 1 aromatic carbocycles. The first-order valence-electron chi connectivity index (χ1n) is 7.46. The minimum Gasteiger partial charge on any atom is -0.379 e. The number of fused-ring (bicyclic) bond motifs is 1. The summed E-state index contributed by atoms with van der Waals surface area (Å²) in [6.07, 6.45) is 3.05. The zero-order valence-corrected chi connectivity index (χ0v) is 13.3. The van der Waals surface area contributed by atoms with Gasteiger partial charge in [-0.25, -0.2) is 13.6 Å². The molecule has 0 unspecified atom stereocenters. The Morgan fingerprint density at radius 2 is 1.91 bits per heavy atom. The second-order valence-electron chi connectivity index (χ2n) is 5.58. The minimum absolute atomic E-state index is 0.158. The Bertz CT molecular complexity index is 748. The van der Waals surface area contributed by atoms with Gasteiger partial charge in [-0.1, -0.05) is 0 Å². The summed E-state index contributed by atoms with van der Waals surface area (Å²) in [5.41, 5.74) is 1.04. The van der Waals surface area contributed by atoms with E-state index in [1.54, 1.807) is 12.1 Å². The highest BCUT2D eigenvalue weighted by atomic mass is 32.2. The van der Waals surface area contributed by atoms with E-state index >= 15 is 0 Å². The number of morpholine rings is 1. The number of aromatic nitrogens is 1. The van der Waals surface area contributed by atoms with Crippen molar-refractivity contribution in [1.82, 2.24) is 9.47 Å². The van der Waals surface area contributed by atoms with Crippen molar-refractivity contribution in [1.29, 1.82) is 0 Å². The third kappa shape index (κ3) is 3.49. The van der Waals surface area contributed by atoms with Crippen LogP contribution >= 0.6 is 0 Å². The quantitative estimate of drug-likeness (QED) is 0.891. The van der Waals surface area contributed by atoms with Gasteiger partial charge in [0.2, 0.25) is 10.0 Å². The van der Waals surface area contributed by atoms with Gasteiger partial charge in [0.1, 0.15) is 0 Å². The number of primary sulfonamides is 1. The summed E-state index contributed by atoms with van der Waals surface area (Å²) in [5, 5.41) is 6.07. The van der Waals surface area contributed by atoms with Crippen LogP contribution in [0.3, 0.4) is 0 Å². The van der Waals surface area contributed by atoms with E-state index in [-0.39, 0.29) is 4.90 Å². The van der Waals surface area contributed by atoms with Crippen molar-refractivity contribution < 1.29 is 13.2 Å². The third-order valence-corrected chi connectivity index (χ3v) is 4.96. The average Bonchev–Trinajstić information content (AvgIpc) is 2.90. The predicted molar refractivity (Wildman–Crippen MR) is 85.2 cm³/mol. The molecule has 2 aromatic rings. The SMILES string of the molecule is NS(=O)(=O)c1ccc2c(ccn2CCCN2CCOCC2)c1. The van der Waals surface area contributed by atoms with Crippen LogP contribution in [0.5, 0.6) is 0 Å². The molecular formula is C15H21N3O3S. The topological polar surface area (TPSA) is 77.6 Å². The summed E-state index contributed by atoms with van der Waals surface area (Å²) in [6, 6.07) is 6.95. The molecule has 0 amide bonds. The molecule has 0 saturated carbocycles. The molecule has 0 bridgehead atoms. The lowest BCUT2D eigenvalue weighted by Gasteiger charge is -2.26. The van der Waals surface area contributed by atoms with Crippen LogP contribution in [0.4, 0.5) is 0 Å². The Balaban J connectivity index is 1.67. The third-order valence-electron chi connectivity index (χ3n) is 4.05. The number of hydrogen-bond acceptors (Lipinski definition) is 4. The zero-order chi connectivity index (χ0) is 15.6. The van der Waals surface area contributed by atoms with Crippen LogP contribution in [0.25, 0.3) is 10.9 Å². The van der Waals surface area contributed by atoms with Crippen molar-refractivity contribution in [2.24, 2.45) is 5.14 Å². The smallest absolute Gasteiger partial charge is 0.238 e. The summed E-state index contributed by atoms with van der Waals surface area (Å²) in [5.74, 6) is 0. The summed E-state index contributed by atoms with van der Waals surface area (Å²) in [4.78, 5) is 2.57. The van der Waals surface area contributed by atoms with Crippen molar-refractivity contribution in [2.75, 3.05) is 32.8 Å². The monoisotopic (exact) mass is 323 g/mol. The van der Waals surface area contributed by atoms with Crippen LogP contribution in [0.15, 0.2) is 35.4 Å². The van der Waals surface area contributed by atoms with Gasteiger partial charge in [-0.15, -0.1) is 0 Å². The first-order chi connectivity index (χ1) is 10.5. The zero-order valence-electron chi connectivity index (χ0n) is 12.4. The number of nitrogens with zero attached hydrogens (tertiary/aromatic N) is 2. The van der Waals surface area contributed by atoms with Crippen LogP contribution in [0.2, 0.25) is 0 Å². The lowest BCUT2D eigenvalue weighted by Crippen LogP contribution is -2.37. The van der Waals surface area contributed by atoms with E-state index in [9.17, 15) is 8.42 Å². The molecule has 1 aromatic heterocycles. The van der Waals surface area contributed by atoms with Gasteiger partial charge in [-0.3, -0.25) is 4.90 Å². The molecule has 22 heavy (non-hydrogen) atoms. The number of aryl methyl sites for hydroxylation is 1. The molecule has 0 radical (unpaired) electrons. The lowest BCUT2D eigenvalue weighted by atomic mass is 10.2. The summed E-state index contributed by atoms with van der Waals surface area (Å²) < 4.78 is 30.3. The summed E-state index contributed by atoms with van der Waals surface area (Å²) in [7, 11) is -3.64. The normalized spacial score (nSPS) is 17.1. The molecule has 1 saturated heterocycles. The van der Waals surface area contributed by atoms with E-state index in [4.69, 9.17) is 9.88 Å². The van der Waals surface area contributed by atoms with Gasteiger partial charge in [0.05, 0.1) is 18.1 Å². The van der Waals surface area contributed by atoms with Crippen molar-refractivity contribution >= 4 is 20.9 Å². The molecule has 120 valence electrons. The Kier molecular flexibility index (Phi) is 4.49. The van der Waals surface area contributed by atoms with E-state index in [0.717, 1.165) is 56.7 Å². The molecule has 1 aliphatic heterocycles. The van der Waals surface area contributed by atoms with Gasteiger partial charge in [-0.2, -0.15) is 0 Å². The molecule has 0 aliphatic carbocycles. The fraction of sp³-hybridized carbons (Fsp3) is 0.467. The van der Waals surface area contributed by atoms with Crippen LogP contribution < -0.4 is 5.14 Å². The highest BCUT2D eigenvalue weighted by molar-refractivity contribution is 7.89. The molecule has 0 spiro atoms. The molecule has 6 nitrogen and oxygen atoms in total. The second kappa shape index (κ2) is 6.37. The number of nitrogens with two attached hydrogens (primary N) is 1. The van der Waals surface area contributed by atoms with Gasteiger partial charge in [0.15, 0.2) is 0 Å². The maximum absolute atomic E-state index is 11.4. The van der Waals surface area contributed by atoms with E-state index in [1.165, 1.54) is 0 Å². The van der Waals surface area contributed by atoms with E-state index in [0.29, 0.717) is 0 Å². The van der Waals surface area contributed by atoms with Crippen LogP contribution in [0, 0.1) is 0 Å². The largest absolute Gasteiger partial charge is 0.379 e. The Morgan fingerprint density at radius 1 is 1.14 bits per heavy atom. The van der Waals surface area contributed by atoms with Crippen LogP contribution in [-0.2, 0) is 21.3 Å². The number of rotatable bonds is 5. The van der Waals surface area contributed by atoms with Gasteiger partial charge in [0, 0.05) is 43.3 Å². The summed E-state index contributed by atoms with van der Waals surface area (Å²) in [6.45, 7) is 5.62. The maximum atomic E-state index is 11.4. The van der Waals surface area contributed by atoms with Crippen molar-refractivity contribution in [2.45, 2.75) is 17.9 Å². The number of sulfonamides is 1. The highest BCUT2D eigenvalue weighted by Crippen LogP contribution is 2.20. The van der Waals surface area contributed by atoms with E-state index < -0.39 is 10.0 Å². The van der Waals surface area contributed by atoms with Crippen LogP contribution in [-0.4, -0.2) is 50.7 Å². The first kappa shape index (κ1) is 15.5.